The minimum absolute atomic E-state index is 0.395. The molecular weight excluding hydrogens is 266 g/mol. The van der Waals surface area contributed by atoms with Crippen molar-refractivity contribution in [2.24, 2.45) is 5.92 Å². The van der Waals surface area contributed by atoms with E-state index in [1.807, 2.05) is 35.0 Å². The highest BCUT2D eigenvalue weighted by Gasteiger charge is 2.17. The maximum absolute atomic E-state index is 10.4. The zero-order chi connectivity index (χ0) is 14.8. The molecule has 21 heavy (non-hydrogen) atoms. The predicted molar refractivity (Wildman–Crippen MR) is 79.7 cm³/mol. The Kier molecular flexibility index (Phi) is 3.75. The molecule has 2 heterocycles. The van der Waals surface area contributed by atoms with E-state index in [1.54, 1.807) is 0 Å². The number of nitrogens with zero attached hydrogens (tertiary/aromatic N) is 3. The lowest BCUT2D eigenvalue weighted by Crippen LogP contribution is -2.13. The Morgan fingerprint density at radius 1 is 1.29 bits per heavy atom. The maximum Gasteiger partial charge on any atom is 0.138 e. The fourth-order valence-electron chi connectivity index (χ4n) is 2.38. The molecule has 0 aliphatic rings. The van der Waals surface area contributed by atoms with Crippen molar-refractivity contribution in [1.29, 1.82) is 0 Å². The second-order valence-electron chi connectivity index (χ2n) is 5.66. The van der Waals surface area contributed by atoms with Crippen molar-refractivity contribution in [3.8, 4) is 0 Å². The third kappa shape index (κ3) is 2.97. The SMILES string of the molecule is CC(C)Cn1ncnc1CC(O)c1cc2ccccc2o1. The van der Waals surface area contributed by atoms with Gasteiger partial charge in [-0.05, 0) is 18.1 Å². The summed E-state index contributed by atoms with van der Waals surface area (Å²) in [5.74, 6) is 1.82. The molecule has 0 saturated heterocycles. The zero-order valence-electron chi connectivity index (χ0n) is 12.2. The number of aliphatic hydroxyl groups excluding tert-OH is 1. The standard InChI is InChI=1S/C16H19N3O2/c1-11(2)9-19-16(17-10-18-19)8-13(20)15-7-12-5-3-4-6-14(12)21-15/h3-7,10-11,13,20H,8-9H2,1-2H3. The summed E-state index contributed by atoms with van der Waals surface area (Å²) in [7, 11) is 0. The molecule has 0 radical (unpaired) electrons. The van der Waals surface area contributed by atoms with Crippen molar-refractivity contribution in [2.75, 3.05) is 0 Å². The third-order valence-electron chi connectivity index (χ3n) is 3.38. The second kappa shape index (κ2) is 5.69. The Labute approximate surface area is 123 Å². The van der Waals surface area contributed by atoms with Gasteiger partial charge < -0.3 is 9.52 Å². The fourth-order valence-corrected chi connectivity index (χ4v) is 2.38. The average Bonchev–Trinajstić information content (AvgIpc) is 3.05. The highest BCUT2D eigenvalue weighted by molar-refractivity contribution is 5.77. The van der Waals surface area contributed by atoms with Gasteiger partial charge >= 0.3 is 0 Å². The van der Waals surface area contributed by atoms with E-state index >= 15 is 0 Å². The molecule has 3 aromatic rings. The largest absolute Gasteiger partial charge is 0.458 e. The first-order chi connectivity index (χ1) is 10.1. The molecule has 3 rings (SSSR count). The molecule has 0 saturated carbocycles. The van der Waals surface area contributed by atoms with E-state index in [4.69, 9.17) is 4.42 Å². The molecule has 2 aromatic heterocycles. The van der Waals surface area contributed by atoms with Gasteiger partial charge in [0.2, 0.25) is 0 Å². The molecule has 0 spiro atoms. The quantitative estimate of drug-likeness (QED) is 0.782. The Morgan fingerprint density at radius 2 is 2.10 bits per heavy atom. The molecule has 0 bridgehead atoms. The molecule has 5 heteroatoms. The van der Waals surface area contributed by atoms with Crippen LogP contribution in [0.3, 0.4) is 0 Å². The van der Waals surface area contributed by atoms with E-state index in [2.05, 4.69) is 23.9 Å². The predicted octanol–water partition coefficient (Wildman–Crippen LogP) is 2.96. The van der Waals surface area contributed by atoms with Gasteiger partial charge in [-0.25, -0.2) is 9.67 Å². The van der Waals surface area contributed by atoms with Crippen molar-refractivity contribution in [2.45, 2.75) is 32.9 Å². The zero-order valence-corrected chi connectivity index (χ0v) is 12.2. The Hall–Kier alpha value is -2.14. The Morgan fingerprint density at radius 3 is 2.86 bits per heavy atom. The molecule has 0 aliphatic heterocycles. The number of hydrogen-bond acceptors (Lipinski definition) is 4. The van der Waals surface area contributed by atoms with E-state index < -0.39 is 6.10 Å². The Bertz CT molecular complexity index is 697. The normalized spacial score (nSPS) is 13.1. The summed E-state index contributed by atoms with van der Waals surface area (Å²) in [6.07, 6.45) is 1.21. The monoisotopic (exact) mass is 285 g/mol. The van der Waals surface area contributed by atoms with Crippen LogP contribution in [0, 0.1) is 5.92 Å². The third-order valence-corrected chi connectivity index (χ3v) is 3.38. The number of para-hydroxylation sites is 1. The number of fused-ring (bicyclic) bond motifs is 1. The number of furan rings is 1. The van der Waals surface area contributed by atoms with Gasteiger partial charge in [0, 0.05) is 18.4 Å². The van der Waals surface area contributed by atoms with Crippen molar-refractivity contribution in [3.05, 3.63) is 48.2 Å². The van der Waals surface area contributed by atoms with Gasteiger partial charge in [-0.15, -0.1) is 0 Å². The first-order valence-corrected chi connectivity index (χ1v) is 7.16. The Balaban J connectivity index is 1.79. The van der Waals surface area contributed by atoms with E-state index in [-0.39, 0.29) is 0 Å². The van der Waals surface area contributed by atoms with Crippen LogP contribution < -0.4 is 0 Å². The highest BCUT2D eigenvalue weighted by Crippen LogP contribution is 2.25. The lowest BCUT2D eigenvalue weighted by Gasteiger charge is -2.10. The fraction of sp³-hybridized carbons (Fsp3) is 0.375. The molecule has 1 aromatic carbocycles. The van der Waals surface area contributed by atoms with Crippen LogP contribution in [0.4, 0.5) is 0 Å². The van der Waals surface area contributed by atoms with E-state index in [9.17, 15) is 5.11 Å². The molecule has 1 N–H and O–H groups in total. The van der Waals surface area contributed by atoms with Crippen LogP contribution in [0.15, 0.2) is 41.1 Å². The first-order valence-electron chi connectivity index (χ1n) is 7.16. The van der Waals surface area contributed by atoms with Crippen LogP contribution in [0.2, 0.25) is 0 Å². The highest BCUT2D eigenvalue weighted by atomic mass is 16.4. The van der Waals surface area contributed by atoms with E-state index in [0.29, 0.717) is 18.1 Å². The number of benzene rings is 1. The molecule has 1 unspecified atom stereocenters. The number of hydrogen-bond donors (Lipinski definition) is 1. The van der Waals surface area contributed by atoms with Crippen LogP contribution in [0.1, 0.15) is 31.5 Å². The molecule has 0 aliphatic carbocycles. The van der Waals surface area contributed by atoms with Gasteiger partial charge in [0.15, 0.2) is 0 Å². The van der Waals surface area contributed by atoms with Gasteiger partial charge in [-0.2, -0.15) is 5.10 Å². The summed E-state index contributed by atoms with van der Waals surface area (Å²) in [6.45, 7) is 5.05. The van der Waals surface area contributed by atoms with Gasteiger partial charge in [0.1, 0.15) is 29.6 Å². The summed E-state index contributed by atoms with van der Waals surface area (Å²) in [5, 5.41) is 15.6. The lowest BCUT2D eigenvalue weighted by molar-refractivity contribution is 0.148. The van der Waals surface area contributed by atoms with E-state index in [0.717, 1.165) is 23.3 Å². The second-order valence-corrected chi connectivity index (χ2v) is 5.66. The van der Waals surface area contributed by atoms with Gasteiger partial charge in [-0.1, -0.05) is 32.0 Å². The molecule has 5 nitrogen and oxygen atoms in total. The van der Waals surface area contributed by atoms with Crippen LogP contribution in [-0.4, -0.2) is 19.9 Å². The minimum Gasteiger partial charge on any atom is -0.458 e. The van der Waals surface area contributed by atoms with Gasteiger partial charge in [0.25, 0.3) is 0 Å². The summed E-state index contributed by atoms with van der Waals surface area (Å²) in [6, 6.07) is 9.61. The molecule has 0 fully saturated rings. The van der Waals surface area contributed by atoms with Crippen LogP contribution in [-0.2, 0) is 13.0 Å². The topological polar surface area (TPSA) is 64.1 Å². The summed E-state index contributed by atoms with van der Waals surface area (Å²) >= 11 is 0. The number of aromatic nitrogens is 3. The maximum atomic E-state index is 10.4. The number of aliphatic hydroxyl groups is 1. The van der Waals surface area contributed by atoms with Crippen LogP contribution in [0.25, 0.3) is 11.0 Å². The summed E-state index contributed by atoms with van der Waals surface area (Å²) < 4.78 is 7.54. The molecule has 1 atom stereocenters. The van der Waals surface area contributed by atoms with Crippen LogP contribution >= 0.6 is 0 Å². The molecule has 0 amide bonds. The van der Waals surface area contributed by atoms with Crippen molar-refractivity contribution < 1.29 is 9.52 Å². The van der Waals surface area contributed by atoms with Crippen molar-refractivity contribution >= 4 is 11.0 Å². The average molecular weight is 285 g/mol. The van der Waals surface area contributed by atoms with Gasteiger partial charge in [-0.3, -0.25) is 0 Å². The molecule has 110 valence electrons. The summed E-state index contributed by atoms with van der Waals surface area (Å²) in [5.41, 5.74) is 0.787. The summed E-state index contributed by atoms with van der Waals surface area (Å²) in [4.78, 5) is 4.24. The lowest BCUT2D eigenvalue weighted by atomic mass is 10.1. The van der Waals surface area contributed by atoms with E-state index in [1.165, 1.54) is 6.33 Å². The van der Waals surface area contributed by atoms with Crippen molar-refractivity contribution in [1.82, 2.24) is 14.8 Å². The first kappa shape index (κ1) is 13.8. The van der Waals surface area contributed by atoms with Crippen LogP contribution in [0.5, 0.6) is 0 Å². The number of rotatable bonds is 5. The molecular formula is C16H19N3O2. The smallest absolute Gasteiger partial charge is 0.138 e. The van der Waals surface area contributed by atoms with Crippen molar-refractivity contribution in [3.63, 3.8) is 0 Å². The minimum atomic E-state index is -0.715. The van der Waals surface area contributed by atoms with Gasteiger partial charge in [0.05, 0.1) is 0 Å².